The number of aryl methyl sites for hydroxylation is 1. The predicted molar refractivity (Wildman–Crippen MR) is 194 cm³/mol. The van der Waals surface area contributed by atoms with Crippen LogP contribution >= 0.6 is 23.2 Å². The molecule has 0 spiro atoms. The quantitative estimate of drug-likeness (QED) is 0.151. The number of amides is 1. The molecule has 2 aliphatic heterocycles. The van der Waals surface area contributed by atoms with Crippen molar-refractivity contribution in [3.63, 3.8) is 0 Å². The smallest absolute Gasteiger partial charge is 0.237 e. The van der Waals surface area contributed by atoms with Crippen LogP contribution in [0.1, 0.15) is 45.2 Å². The first-order chi connectivity index (χ1) is 24.3. The molecule has 1 amide bonds. The van der Waals surface area contributed by atoms with Gasteiger partial charge in [0.1, 0.15) is 30.5 Å². The van der Waals surface area contributed by atoms with Crippen LogP contribution < -0.4 is 29.6 Å². The summed E-state index contributed by atoms with van der Waals surface area (Å²) in [6, 6.07) is 26.8. The molecule has 256 valence electrons. The highest BCUT2D eigenvalue weighted by Crippen LogP contribution is 2.40. The van der Waals surface area contributed by atoms with Crippen molar-refractivity contribution in [1.29, 1.82) is 0 Å². The lowest BCUT2D eigenvalue weighted by molar-refractivity contribution is -0.123. The largest absolute Gasteiger partial charge is 0.489 e. The number of ether oxygens (including phenoxy) is 4. The van der Waals surface area contributed by atoms with E-state index in [4.69, 9.17) is 42.1 Å². The number of aromatic nitrogens is 1. The van der Waals surface area contributed by atoms with Gasteiger partial charge in [0.05, 0.1) is 16.1 Å². The maximum Gasteiger partial charge on any atom is 0.237 e. The van der Waals surface area contributed by atoms with E-state index in [1.807, 2.05) is 86.6 Å². The second-order valence-corrected chi connectivity index (χ2v) is 13.3. The number of carbonyl (C=O) groups is 1. The number of nitrogens with one attached hydrogen (secondary N) is 2. The SMILES string of the molecule is Cc1nccc(Oc2ccc(CCNC(=O)[C@@H]3Cc4cc5c(cc4CN3)O[C@@H](c3ccc(OCc4ccc(Cl)c(Cl)c4)cc3)CO5)cc2)c1C. The van der Waals surface area contributed by atoms with E-state index < -0.39 is 0 Å². The van der Waals surface area contributed by atoms with Crippen LogP contribution in [0.3, 0.4) is 0 Å². The molecule has 7 rings (SSSR count). The number of hydrogen-bond donors (Lipinski definition) is 2. The molecule has 4 aromatic carbocycles. The summed E-state index contributed by atoms with van der Waals surface area (Å²) in [6.45, 7) is 5.84. The highest BCUT2D eigenvalue weighted by molar-refractivity contribution is 6.42. The zero-order chi connectivity index (χ0) is 34.6. The summed E-state index contributed by atoms with van der Waals surface area (Å²) in [6.07, 6.45) is 2.79. The molecular weight excluding hydrogens is 673 g/mol. The summed E-state index contributed by atoms with van der Waals surface area (Å²) in [7, 11) is 0. The van der Waals surface area contributed by atoms with E-state index in [9.17, 15) is 4.79 Å². The van der Waals surface area contributed by atoms with Crippen LogP contribution in [0.2, 0.25) is 10.0 Å². The van der Waals surface area contributed by atoms with Crippen LogP contribution in [0, 0.1) is 13.8 Å². The third-order valence-corrected chi connectivity index (χ3v) is 9.86. The van der Waals surface area contributed by atoms with Crippen molar-refractivity contribution in [1.82, 2.24) is 15.6 Å². The van der Waals surface area contributed by atoms with Gasteiger partial charge in [0.15, 0.2) is 17.6 Å². The van der Waals surface area contributed by atoms with Gasteiger partial charge in [-0.05, 0) is 109 Å². The minimum Gasteiger partial charge on any atom is -0.489 e. The third kappa shape index (κ3) is 7.83. The van der Waals surface area contributed by atoms with Gasteiger partial charge in [0.25, 0.3) is 0 Å². The van der Waals surface area contributed by atoms with Crippen molar-refractivity contribution in [2.45, 2.75) is 52.0 Å². The molecule has 0 saturated heterocycles. The molecule has 10 heteroatoms. The van der Waals surface area contributed by atoms with E-state index in [2.05, 4.69) is 15.6 Å². The Bertz CT molecular complexity index is 2000. The number of rotatable bonds is 10. The summed E-state index contributed by atoms with van der Waals surface area (Å²) in [4.78, 5) is 17.4. The average Bonchev–Trinajstić information content (AvgIpc) is 3.13. The Morgan fingerprint density at radius 3 is 2.46 bits per heavy atom. The normalized spacial score (nSPS) is 16.3. The number of fused-ring (bicyclic) bond motifs is 2. The van der Waals surface area contributed by atoms with Gasteiger partial charge in [-0.2, -0.15) is 0 Å². The zero-order valence-corrected chi connectivity index (χ0v) is 29.3. The predicted octanol–water partition coefficient (Wildman–Crippen LogP) is 8.26. The minimum absolute atomic E-state index is 0.0153. The fourth-order valence-corrected chi connectivity index (χ4v) is 6.36. The molecule has 0 saturated carbocycles. The molecule has 2 N–H and O–H groups in total. The van der Waals surface area contributed by atoms with Gasteiger partial charge in [-0.15, -0.1) is 0 Å². The van der Waals surface area contributed by atoms with E-state index >= 15 is 0 Å². The van der Waals surface area contributed by atoms with E-state index in [1.54, 1.807) is 18.3 Å². The molecule has 0 fully saturated rings. The Hall–Kier alpha value is -4.76. The molecule has 0 bridgehead atoms. The molecule has 3 heterocycles. The fourth-order valence-electron chi connectivity index (χ4n) is 6.04. The molecule has 8 nitrogen and oxygen atoms in total. The maximum atomic E-state index is 13.1. The van der Waals surface area contributed by atoms with Crippen molar-refractivity contribution in [3.8, 4) is 28.7 Å². The summed E-state index contributed by atoms with van der Waals surface area (Å²) in [5.74, 6) is 3.69. The number of pyridine rings is 1. The van der Waals surface area contributed by atoms with E-state index in [-0.39, 0.29) is 18.1 Å². The summed E-state index contributed by atoms with van der Waals surface area (Å²) in [5, 5.41) is 7.51. The zero-order valence-electron chi connectivity index (χ0n) is 27.8. The standard InChI is InChI=1S/C40H37Cl2N3O5/c1-24-25(2)43-16-14-36(24)49-32-8-3-26(4-9-32)13-15-44-40(46)35-18-29-19-37-38(20-30(29)21-45-35)50-39(23-48-37)28-6-10-31(11-7-28)47-22-27-5-12-33(41)34(42)17-27/h3-12,14,16-17,19-20,35,39,45H,13,15,18,21-23H2,1-2H3,(H,44,46)/t35-,39+/m0/s1. The monoisotopic (exact) mass is 709 g/mol. The van der Waals surface area contributed by atoms with Gasteiger partial charge < -0.3 is 29.6 Å². The van der Waals surface area contributed by atoms with Gasteiger partial charge >= 0.3 is 0 Å². The number of benzene rings is 4. The lowest BCUT2D eigenvalue weighted by Crippen LogP contribution is -2.48. The first kappa shape index (κ1) is 33.7. The summed E-state index contributed by atoms with van der Waals surface area (Å²) >= 11 is 12.1. The molecule has 2 atom stereocenters. The average molecular weight is 711 g/mol. The van der Waals surface area contributed by atoms with Gasteiger partial charge in [0.2, 0.25) is 5.91 Å². The Morgan fingerprint density at radius 1 is 0.900 bits per heavy atom. The molecule has 0 radical (unpaired) electrons. The van der Waals surface area contributed by atoms with Crippen LogP contribution in [0.15, 0.2) is 91.1 Å². The number of hydrogen-bond acceptors (Lipinski definition) is 7. The van der Waals surface area contributed by atoms with Gasteiger partial charge in [-0.1, -0.05) is 53.5 Å². The van der Waals surface area contributed by atoms with Crippen LogP contribution in [0.4, 0.5) is 0 Å². The van der Waals surface area contributed by atoms with Crippen molar-refractivity contribution in [2.24, 2.45) is 0 Å². The van der Waals surface area contributed by atoms with Crippen molar-refractivity contribution >= 4 is 29.1 Å². The lowest BCUT2D eigenvalue weighted by atomic mass is 9.94. The minimum atomic E-state index is -0.321. The van der Waals surface area contributed by atoms with Gasteiger partial charge in [-0.25, -0.2) is 0 Å². The molecule has 0 unspecified atom stereocenters. The summed E-state index contributed by atoms with van der Waals surface area (Å²) < 4.78 is 24.5. The molecule has 5 aromatic rings. The van der Waals surface area contributed by atoms with E-state index in [1.165, 1.54) is 0 Å². The van der Waals surface area contributed by atoms with Crippen LogP contribution in [0.25, 0.3) is 0 Å². The lowest BCUT2D eigenvalue weighted by Gasteiger charge is -2.31. The highest BCUT2D eigenvalue weighted by Gasteiger charge is 2.29. The van der Waals surface area contributed by atoms with E-state index in [0.717, 1.165) is 62.7 Å². The third-order valence-electron chi connectivity index (χ3n) is 9.12. The Morgan fingerprint density at radius 2 is 1.66 bits per heavy atom. The van der Waals surface area contributed by atoms with Gasteiger partial charge in [0, 0.05) is 30.5 Å². The molecule has 0 aliphatic carbocycles. The molecule has 50 heavy (non-hydrogen) atoms. The van der Waals surface area contributed by atoms with Crippen molar-refractivity contribution in [3.05, 3.63) is 140 Å². The van der Waals surface area contributed by atoms with Gasteiger partial charge in [-0.3, -0.25) is 9.78 Å². The highest BCUT2D eigenvalue weighted by atomic mass is 35.5. The number of carbonyl (C=O) groups excluding carboxylic acids is 1. The number of nitrogens with zero attached hydrogens (tertiary/aromatic N) is 1. The molecule has 1 aromatic heterocycles. The molecule has 2 aliphatic rings. The Balaban J connectivity index is 0.886. The van der Waals surface area contributed by atoms with E-state index in [0.29, 0.717) is 54.3 Å². The number of halogens is 2. The van der Waals surface area contributed by atoms with Crippen molar-refractivity contribution in [2.75, 3.05) is 13.2 Å². The maximum absolute atomic E-state index is 13.1. The topological polar surface area (TPSA) is 90.9 Å². The first-order valence-electron chi connectivity index (χ1n) is 16.6. The Kier molecular flexibility index (Phi) is 10.1. The second kappa shape index (κ2) is 15.0. The Labute approximate surface area is 301 Å². The first-order valence-corrected chi connectivity index (χ1v) is 17.4. The van der Waals surface area contributed by atoms with Crippen molar-refractivity contribution < 1.29 is 23.7 Å². The second-order valence-electron chi connectivity index (χ2n) is 12.5. The molecular formula is C40H37Cl2N3O5. The fraction of sp³-hybridized carbons (Fsp3) is 0.250. The van der Waals surface area contributed by atoms with Crippen LogP contribution in [0.5, 0.6) is 28.7 Å². The van der Waals surface area contributed by atoms with Crippen LogP contribution in [-0.4, -0.2) is 30.1 Å². The van der Waals surface area contributed by atoms with Crippen LogP contribution in [-0.2, 0) is 30.8 Å². The summed E-state index contributed by atoms with van der Waals surface area (Å²) in [5.41, 5.74) is 7.20.